The number of ether oxygens (including phenoxy) is 1. The molecule has 19 heavy (non-hydrogen) atoms. The average molecular weight is 256 g/mol. The van der Waals surface area contributed by atoms with E-state index in [2.05, 4.69) is 4.98 Å². The Hall–Kier alpha value is -2.07. The van der Waals surface area contributed by atoms with Crippen LogP contribution in [0.4, 0.5) is 5.82 Å². The highest BCUT2D eigenvalue weighted by Crippen LogP contribution is 2.42. The number of anilines is 1. The number of nitrogen functional groups attached to an aromatic ring is 1. The van der Waals surface area contributed by atoms with Gasteiger partial charge in [0, 0.05) is 17.5 Å². The fourth-order valence-corrected chi connectivity index (χ4v) is 2.11. The standard InChI is InChI=1S/C15H16N2O2/c16-15-11(12-8-13(12)18)6-7-14(17-15)19-9-10-4-2-1-3-5-10/h1-7,12-13,18H,8-9H2,(H2,16,17). The van der Waals surface area contributed by atoms with Gasteiger partial charge >= 0.3 is 0 Å². The molecular weight excluding hydrogens is 240 g/mol. The third-order valence-electron chi connectivity index (χ3n) is 3.32. The minimum Gasteiger partial charge on any atom is -0.473 e. The summed E-state index contributed by atoms with van der Waals surface area (Å²) in [6, 6.07) is 13.6. The van der Waals surface area contributed by atoms with Crippen molar-refractivity contribution in [3.05, 3.63) is 53.6 Å². The summed E-state index contributed by atoms with van der Waals surface area (Å²) in [5.74, 6) is 1.11. The Balaban J connectivity index is 1.67. The molecule has 4 heteroatoms. The second-order valence-electron chi connectivity index (χ2n) is 4.81. The van der Waals surface area contributed by atoms with Crippen LogP contribution in [0.25, 0.3) is 0 Å². The van der Waals surface area contributed by atoms with E-state index in [4.69, 9.17) is 10.5 Å². The van der Waals surface area contributed by atoms with Gasteiger partial charge in [-0.2, -0.15) is 4.98 Å². The van der Waals surface area contributed by atoms with Gasteiger partial charge in [0.1, 0.15) is 12.4 Å². The summed E-state index contributed by atoms with van der Waals surface area (Å²) in [5, 5.41) is 9.41. The summed E-state index contributed by atoms with van der Waals surface area (Å²) in [4.78, 5) is 4.23. The van der Waals surface area contributed by atoms with Crippen molar-refractivity contribution in [2.45, 2.75) is 25.0 Å². The molecule has 0 radical (unpaired) electrons. The molecule has 3 N–H and O–H groups in total. The number of pyridine rings is 1. The lowest BCUT2D eigenvalue weighted by Gasteiger charge is -2.08. The van der Waals surface area contributed by atoms with Gasteiger partial charge in [-0.15, -0.1) is 0 Å². The molecule has 0 amide bonds. The molecule has 1 saturated carbocycles. The van der Waals surface area contributed by atoms with Crippen molar-refractivity contribution in [3.8, 4) is 5.88 Å². The van der Waals surface area contributed by atoms with Crippen molar-refractivity contribution >= 4 is 5.82 Å². The van der Waals surface area contributed by atoms with Crippen molar-refractivity contribution in [2.75, 3.05) is 5.73 Å². The number of nitrogens with two attached hydrogens (primary N) is 1. The van der Waals surface area contributed by atoms with Gasteiger partial charge in [-0.25, -0.2) is 0 Å². The fourth-order valence-electron chi connectivity index (χ4n) is 2.11. The van der Waals surface area contributed by atoms with Crippen molar-refractivity contribution in [1.29, 1.82) is 0 Å². The van der Waals surface area contributed by atoms with Gasteiger partial charge in [0.05, 0.1) is 6.10 Å². The highest BCUT2D eigenvalue weighted by atomic mass is 16.5. The summed E-state index contributed by atoms with van der Waals surface area (Å²) >= 11 is 0. The van der Waals surface area contributed by atoms with E-state index < -0.39 is 0 Å². The molecule has 4 nitrogen and oxygen atoms in total. The Bertz CT molecular complexity index is 572. The molecule has 3 rings (SSSR count). The van der Waals surface area contributed by atoms with E-state index in [1.165, 1.54) is 0 Å². The van der Waals surface area contributed by atoms with Crippen LogP contribution in [0.3, 0.4) is 0 Å². The number of benzene rings is 1. The minimum atomic E-state index is -0.264. The summed E-state index contributed by atoms with van der Waals surface area (Å²) < 4.78 is 5.60. The van der Waals surface area contributed by atoms with Gasteiger partial charge in [-0.3, -0.25) is 0 Å². The van der Waals surface area contributed by atoms with Crippen LogP contribution in [0.5, 0.6) is 5.88 Å². The molecule has 1 aromatic heterocycles. The monoisotopic (exact) mass is 256 g/mol. The summed E-state index contributed by atoms with van der Waals surface area (Å²) in [7, 11) is 0. The first-order valence-corrected chi connectivity index (χ1v) is 6.35. The zero-order valence-corrected chi connectivity index (χ0v) is 10.5. The number of hydrogen-bond acceptors (Lipinski definition) is 4. The molecule has 1 aliphatic rings. The second kappa shape index (κ2) is 4.90. The van der Waals surface area contributed by atoms with Crippen LogP contribution < -0.4 is 10.5 Å². The van der Waals surface area contributed by atoms with Crippen LogP contribution >= 0.6 is 0 Å². The molecule has 0 saturated heterocycles. The molecule has 0 aliphatic heterocycles. The van der Waals surface area contributed by atoms with E-state index in [1.807, 2.05) is 36.4 Å². The highest BCUT2D eigenvalue weighted by molar-refractivity contribution is 5.47. The number of aliphatic hydroxyl groups excluding tert-OH is 1. The quantitative estimate of drug-likeness (QED) is 0.879. The lowest BCUT2D eigenvalue weighted by molar-refractivity contribution is 0.271. The lowest BCUT2D eigenvalue weighted by atomic mass is 10.1. The van der Waals surface area contributed by atoms with Crippen molar-refractivity contribution < 1.29 is 9.84 Å². The molecule has 2 aromatic rings. The van der Waals surface area contributed by atoms with Crippen LogP contribution in [0.2, 0.25) is 0 Å². The van der Waals surface area contributed by atoms with Crippen LogP contribution in [-0.2, 0) is 6.61 Å². The number of aliphatic hydroxyl groups is 1. The first-order valence-electron chi connectivity index (χ1n) is 6.35. The van der Waals surface area contributed by atoms with E-state index >= 15 is 0 Å². The normalized spacial score (nSPS) is 21.1. The Morgan fingerprint density at radius 1 is 1.21 bits per heavy atom. The average Bonchev–Trinajstić information content (AvgIpc) is 3.14. The number of aromatic nitrogens is 1. The smallest absolute Gasteiger partial charge is 0.215 e. The van der Waals surface area contributed by atoms with Gasteiger partial charge < -0.3 is 15.6 Å². The molecular formula is C15H16N2O2. The van der Waals surface area contributed by atoms with Crippen LogP contribution in [0.15, 0.2) is 42.5 Å². The third kappa shape index (κ3) is 2.69. The number of rotatable bonds is 4. The van der Waals surface area contributed by atoms with Crippen LogP contribution in [0.1, 0.15) is 23.5 Å². The summed E-state index contributed by atoms with van der Waals surface area (Å²) in [6.45, 7) is 0.471. The number of hydrogen-bond donors (Lipinski definition) is 2. The largest absolute Gasteiger partial charge is 0.473 e. The SMILES string of the molecule is Nc1nc(OCc2ccccc2)ccc1C1CC1O. The molecule has 1 aliphatic carbocycles. The zero-order chi connectivity index (χ0) is 13.2. The molecule has 1 heterocycles. The van der Waals surface area contributed by atoms with Crippen LogP contribution in [0, 0.1) is 0 Å². The predicted molar refractivity (Wildman–Crippen MR) is 72.8 cm³/mol. The zero-order valence-electron chi connectivity index (χ0n) is 10.5. The Kier molecular flexibility index (Phi) is 3.09. The molecule has 0 spiro atoms. The van der Waals surface area contributed by atoms with E-state index in [1.54, 1.807) is 6.07 Å². The predicted octanol–water partition coefficient (Wildman–Crippen LogP) is 2.09. The topological polar surface area (TPSA) is 68.4 Å². The Labute approximate surface area is 111 Å². The van der Waals surface area contributed by atoms with Gasteiger partial charge in [0.15, 0.2) is 0 Å². The number of nitrogens with zero attached hydrogens (tertiary/aromatic N) is 1. The maximum Gasteiger partial charge on any atom is 0.215 e. The lowest BCUT2D eigenvalue weighted by Crippen LogP contribution is -2.02. The van der Waals surface area contributed by atoms with Gasteiger partial charge in [0.25, 0.3) is 0 Å². The molecule has 2 atom stereocenters. The Morgan fingerprint density at radius 3 is 2.58 bits per heavy atom. The first kappa shape index (κ1) is 12.0. The molecule has 1 aromatic carbocycles. The van der Waals surface area contributed by atoms with E-state index in [0.29, 0.717) is 18.3 Å². The second-order valence-corrected chi connectivity index (χ2v) is 4.81. The van der Waals surface area contributed by atoms with E-state index in [0.717, 1.165) is 17.5 Å². The molecule has 2 unspecified atom stereocenters. The maximum absolute atomic E-state index is 9.41. The first-order chi connectivity index (χ1) is 9.24. The van der Waals surface area contributed by atoms with Gasteiger partial charge in [-0.05, 0) is 18.1 Å². The van der Waals surface area contributed by atoms with Crippen molar-refractivity contribution in [1.82, 2.24) is 4.98 Å². The van der Waals surface area contributed by atoms with Crippen molar-refractivity contribution in [2.24, 2.45) is 0 Å². The summed E-state index contributed by atoms with van der Waals surface area (Å²) in [6.07, 6.45) is 0.510. The van der Waals surface area contributed by atoms with E-state index in [9.17, 15) is 5.11 Å². The highest BCUT2D eigenvalue weighted by Gasteiger charge is 2.38. The summed E-state index contributed by atoms with van der Waals surface area (Å²) in [5.41, 5.74) is 7.90. The fraction of sp³-hybridized carbons (Fsp3) is 0.267. The van der Waals surface area contributed by atoms with Crippen LogP contribution in [-0.4, -0.2) is 16.2 Å². The Morgan fingerprint density at radius 2 is 1.95 bits per heavy atom. The van der Waals surface area contributed by atoms with E-state index in [-0.39, 0.29) is 12.0 Å². The van der Waals surface area contributed by atoms with Gasteiger partial charge in [-0.1, -0.05) is 30.3 Å². The molecule has 1 fully saturated rings. The van der Waals surface area contributed by atoms with Gasteiger partial charge in [0.2, 0.25) is 5.88 Å². The third-order valence-corrected chi connectivity index (χ3v) is 3.32. The maximum atomic E-state index is 9.41. The molecule has 98 valence electrons. The molecule has 0 bridgehead atoms. The van der Waals surface area contributed by atoms with Crippen molar-refractivity contribution in [3.63, 3.8) is 0 Å². The minimum absolute atomic E-state index is 0.149.